The Morgan fingerprint density at radius 1 is 1.37 bits per heavy atom. The quantitative estimate of drug-likeness (QED) is 0.846. The standard InChI is InChI=1S/C13H15N5O/c1-4-5-18-16-13(15-17-18)14-12(19)11-7-9(2)6-10(3)8-11/h4,6-8H,1,5H2,2-3H3,(H,14,16,19). The summed E-state index contributed by atoms with van der Waals surface area (Å²) in [6.45, 7) is 7.92. The molecule has 0 atom stereocenters. The van der Waals surface area contributed by atoms with E-state index in [4.69, 9.17) is 0 Å². The Bertz CT molecular complexity index is 597. The Labute approximate surface area is 111 Å². The number of carbonyl (C=O) groups excluding carboxylic acids is 1. The van der Waals surface area contributed by atoms with Gasteiger partial charge in [-0.25, -0.2) is 0 Å². The second kappa shape index (κ2) is 5.43. The molecule has 98 valence electrons. The van der Waals surface area contributed by atoms with E-state index in [1.54, 1.807) is 6.08 Å². The summed E-state index contributed by atoms with van der Waals surface area (Å²) < 4.78 is 0. The van der Waals surface area contributed by atoms with Crippen LogP contribution in [-0.2, 0) is 6.54 Å². The van der Waals surface area contributed by atoms with Gasteiger partial charge in [-0.1, -0.05) is 28.4 Å². The number of nitrogens with one attached hydrogen (secondary N) is 1. The van der Waals surface area contributed by atoms with E-state index in [1.165, 1.54) is 4.80 Å². The Hall–Kier alpha value is -2.50. The largest absolute Gasteiger partial charge is 0.288 e. The molecule has 1 heterocycles. The zero-order valence-corrected chi connectivity index (χ0v) is 10.9. The fraction of sp³-hybridized carbons (Fsp3) is 0.231. The maximum Gasteiger partial charge on any atom is 0.270 e. The fourth-order valence-corrected chi connectivity index (χ4v) is 1.77. The van der Waals surface area contributed by atoms with Gasteiger partial charge in [0.05, 0.1) is 6.54 Å². The van der Waals surface area contributed by atoms with E-state index < -0.39 is 0 Å². The number of amides is 1. The minimum Gasteiger partial charge on any atom is -0.288 e. The van der Waals surface area contributed by atoms with E-state index in [0.717, 1.165) is 11.1 Å². The molecule has 1 N–H and O–H groups in total. The number of hydrogen-bond acceptors (Lipinski definition) is 4. The molecule has 0 aliphatic heterocycles. The second-order valence-corrected chi connectivity index (χ2v) is 4.29. The summed E-state index contributed by atoms with van der Waals surface area (Å²) in [5.74, 6) is -0.0593. The maximum atomic E-state index is 12.0. The van der Waals surface area contributed by atoms with Crippen LogP contribution in [0.4, 0.5) is 5.95 Å². The molecule has 0 radical (unpaired) electrons. The summed E-state index contributed by atoms with van der Waals surface area (Å²) in [6, 6.07) is 5.64. The summed E-state index contributed by atoms with van der Waals surface area (Å²) in [5.41, 5.74) is 2.65. The lowest BCUT2D eigenvalue weighted by molar-refractivity contribution is 0.102. The average molecular weight is 257 g/mol. The normalized spacial score (nSPS) is 10.2. The number of carbonyl (C=O) groups is 1. The third kappa shape index (κ3) is 3.25. The van der Waals surface area contributed by atoms with Gasteiger partial charge < -0.3 is 0 Å². The Balaban J connectivity index is 2.13. The number of nitrogens with zero attached hydrogens (tertiary/aromatic N) is 4. The van der Waals surface area contributed by atoms with Crippen molar-refractivity contribution in [1.82, 2.24) is 20.2 Å². The van der Waals surface area contributed by atoms with Crippen LogP contribution in [0.1, 0.15) is 21.5 Å². The summed E-state index contributed by atoms with van der Waals surface area (Å²) in [4.78, 5) is 13.4. The van der Waals surface area contributed by atoms with E-state index in [9.17, 15) is 4.79 Å². The average Bonchev–Trinajstić information content (AvgIpc) is 2.76. The van der Waals surface area contributed by atoms with Crippen LogP contribution < -0.4 is 5.32 Å². The van der Waals surface area contributed by atoms with Crippen molar-refractivity contribution in [3.05, 3.63) is 47.5 Å². The van der Waals surface area contributed by atoms with Crippen molar-refractivity contribution in [2.24, 2.45) is 0 Å². The van der Waals surface area contributed by atoms with Gasteiger partial charge in [-0.05, 0) is 31.2 Å². The van der Waals surface area contributed by atoms with Crippen LogP contribution in [0.5, 0.6) is 0 Å². The lowest BCUT2D eigenvalue weighted by atomic mass is 10.1. The molecule has 2 aromatic rings. The van der Waals surface area contributed by atoms with Crippen LogP contribution in [0, 0.1) is 13.8 Å². The molecular weight excluding hydrogens is 242 g/mol. The number of benzene rings is 1. The van der Waals surface area contributed by atoms with Gasteiger partial charge in [-0.15, -0.1) is 11.7 Å². The molecule has 2 rings (SSSR count). The van der Waals surface area contributed by atoms with Crippen LogP contribution >= 0.6 is 0 Å². The molecule has 6 heteroatoms. The van der Waals surface area contributed by atoms with E-state index in [0.29, 0.717) is 12.1 Å². The molecule has 0 aliphatic carbocycles. The van der Waals surface area contributed by atoms with Crippen molar-refractivity contribution in [1.29, 1.82) is 0 Å². The molecule has 0 fully saturated rings. The predicted octanol–water partition coefficient (Wildman–Crippen LogP) is 1.73. The lowest BCUT2D eigenvalue weighted by Gasteiger charge is -2.03. The fourth-order valence-electron chi connectivity index (χ4n) is 1.77. The highest BCUT2D eigenvalue weighted by atomic mass is 16.1. The molecule has 0 bridgehead atoms. The first-order valence-electron chi connectivity index (χ1n) is 5.87. The molecule has 0 aliphatic rings. The third-order valence-electron chi connectivity index (χ3n) is 2.45. The third-order valence-corrected chi connectivity index (χ3v) is 2.45. The van der Waals surface area contributed by atoms with Crippen molar-refractivity contribution < 1.29 is 4.79 Å². The number of hydrogen-bond donors (Lipinski definition) is 1. The van der Waals surface area contributed by atoms with Crippen molar-refractivity contribution >= 4 is 11.9 Å². The monoisotopic (exact) mass is 257 g/mol. The van der Waals surface area contributed by atoms with Crippen LogP contribution in [-0.4, -0.2) is 26.1 Å². The van der Waals surface area contributed by atoms with Gasteiger partial charge in [0.1, 0.15) is 0 Å². The van der Waals surface area contributed by atoms with Gasteiger partial charge >= 0.3 is 0 Å². The van der Waals surface area contributed by atoms with Crippen molar-refractivity contribution in [2.75, 3.05) is 5.32 Å². The number of aryl methyl sites for hydroxylation is 2. The van der Waals surface area contributed by atoms with Gasteiger partial charge in [0.15, 0.2) is 0 Å². The summed E-state index contributed by atoms with van der Waals surface area (Å²) in [7, 11) is 0. The first-order valence-corrected chi connectivity index (χ1v) is 5.87. The summed E-state index contributed by atoms with van der Waals surface area (Å²) in [5, 5.41) is 14.1. The van der Waals surface area contributed by atoms with E-state index in [-0.39, 0.29) is 11.9 Å². The predicted molar refractivity (Wildman–Crippen MR) is 71.9 cm³/mol. The number of allylic oxidation sites excluding steroid dienone is 1. The summed E-state index contributed by atoms with van der Waals surface area (Å²) >= 11 is 0. The zero-order chi connectivity index (χ0) is 13.8. The number of rotatable bonds is 4. The van der Waals surface area contributed by atoms with E-state index in [1.807, 2.05) is 32.0 Å². The van der Waals surface area contributed by atoms with Crippen LogP contribution in [0.3, 0.4) is 0 Å². The first kappa shape index (κ1) is 12.9. The molecule has 1 amide bonds. The van der Waals surface area contributed by atoms with Crippen molar-refractivity contribution in [3.63, 3.8) is 0 Å². The molecule has 1 aromatic carbocycles. The minimum absolute atomic E-state index is 0.186. The molecule has 0 saturated carbocycles. The lowest BCUT2D eigenvalue weighted by Crippen LogP contribution is -2.13. The maximum absolute atomic E-state index is 12.0. The van der Waals surface area contributed by atoms with Gasteiger partial charge in [0.2, 0.25) is 0 Å². The van der Waals surface area contributed by atoms with Crippen LogP contribution in [0.15, 0.2) is 30.9 Å². The van der Waals surface area contributed by atoms with Crippen LogP contribution in [0.25, 0.3) is 0 Å². The molecule has 0 spiro atoms. The topological polar surface area (TPSA) is 72.7 Å². The van der Waals surface area contributed by atoms with Crippen molar-refractivity contribution in [2.45, 2.75) is 20.4 Å². The minimum atomic E-state index is -0.245. The Morgan fingerprint density at radius 2 is 2.05 bits per heavy atom. The Kier molecular flexibility index (Phi) is 3.70. The van der Waals surface area contributed by atoms with E-state index >= 15 is 0 Å². The van der Waals surface area contributed by atoms with Gasteiger partial charge in [-0.3, -0.25) is 10.1 Å². The Morgan fingerprint density at radius 3 is 2.68 bits per heavy atom. The SMILES string of the molecule is C=CCn1nnc(NC(=O)c2cc(C)cc(C)c2)n1. The number of anilines is 1. The molecule has 1 aromatic heterocycles. The number of aromatic nitrogens is 4. The molecule has 0 unspecified atom stereocenters. The molecular formula is C13H15N5O. The number of tetrazole rings is 1. The summed E-state index contributed by atoms with van der Waals surface area (Å²) in [6.07, 6.45) is 1.65. The molecule has 0 saturated heterocycles. The van der Waals surface area contributed by atoms with Gasteiger partial charge in [0.25, 0.3) is 11.9 Å². The smallest absolute Gasteiger partial charge is 0.270 e. The first-order chi connectivity index (χ1) is 9.08. The van der Waals surface area contributed by atoms with Crippen molar-refractivity contribution in [3.8, 4) is 0 Å². The highest BCUT2D eigenvalue weighted by molar-refractivity contribution is 6.03. The highest BCUT2D eigenvalue weighted by Crippen LogP contribution is 2.10. The molecule has 19 heavy (non-hydrogen) atoms. The zero-order valence-electron chi connectivity index (χ0n) is 10.9. The highest BCUT2D eigenvalue weighted by Gasteiger charge is 2.10. The molecule has 6 nitrogen and oxygen atoms in total. The van der Waals surface area contributed by atoms with Gasteiger partial charge in [-0.2, -0.15) is 4.80 Å². The van der Waals surface area contributed by atoms with E-state index in [2.05, 4.69) is 27.3 Å². The van der Waals surface area contributed by atoms with Gasteiger partial charge in [0, 0.05) is 5.56 Å². The van der Waals surface area contributed by atoms with Crippen LogP contribution in [0.2, 0.25) is 0 Å². The second-order valence-electron chi connectivity index (χ2n) is 4.29.